The van der Waals surface area contributed by atoms with Crippen molar-refractivity contribution in [1.82, 2.24) is 20.1 Å². The maximum Gasteiger partial charge on any atom is 0.230 e. The molecule has 0 bridgehead atoms. The molecule has 1 N–H and O–H groups in total. The van der Waals surface area contributed by atoms with Crippen molar-refractivity contribution >= 4 is 29.3 Å². The molecule has 1 aromatic carbocycles. The SMILES string of the molecule is C=CCn1c(SCC(=O)NC2CCCCC2)nnc1-c1cc(Cl)ccc1OC. The number of aromatic nitrogens is 3. The normalized spacial score (nSPS) is 14.6. The van der Waals surface area contributed by atoms with Crippen molar-refractivity contribution in [1.29, 1.82) is 0 Å². The zero-order chi connectivity index (χ0) is 19.9. The van der Waals surface area contributed by atoms with Gasteiger partial charge in [-0.2, -0.15) is 0 Å². The maximum atomic E-state index is 12.3. The van der Waals surface area contributed by atoms with Gasteiger partial charge in [0.15, 0.2) is 11.0 Å². The van der Waals surface area contributed by atoms with E-state index in [1.165, 1.54) is 31.0 Å². The molecule has 0 aliphatic heterocycles. The largest absolute Gasteiger partial charge is 0.496 e. The molecule has 0 radical (unpaired) electrons. The molecule has 1 aromatic heterocycles. The molecule has 1 heterocycles. The van der Waals surface area contributed by atoms with Crippen LogP contribution in [-0.4, -0.2) is 39.6 Å². The molecule has 0 saturated heterocycles. The van der Waals surface area contributed by atoms with E-state index >= 15 is 0 Å². The number of allylic oxidation sites excluding steroid dienone is 1. The summed E-state index contributed by atoms with van der Waals surface area (Å²) in [5.41, 5.74) is 0.753. The topological polar surface area (TPSA) is 69.0 Å². The smallest absolute Gasteiger partial charge is 0.230 e. The number of hydrogen-bond donors (Lipinski definition) is 1. The summed E-state index contributed by atoms with van der Waals surface area (Å²) >= 11 is 7.54. The Bertz CT molecular complexity index is 834. The quantitative estimate of drug-likeness (QED) is 0.508. The van der Waals surface area contributed by atoms with Crippen LogP contribution < -0.4 is 10.1 Å². The Morgan fingerprint density at radius 3 is 2.89 bits per heavy atom. The first kappa shape index (κ1) is 20.7. The average Bonchev–Trinajstić information content (AvgIpc) is 3.10. The number of carbonyl (C=O) groups excluding carboxylic acids is 1. The summed E-state index contributed by atoms with van der Waals surface area (Å²) in [6.45, 7) is 4.34. The van der Waals surface area contributed by atoms with E-state index in [9.17, 15) is 4.79 Å². The van der Waals surface area contributed by atoms with Crippen LogP contribution in [0.25, 0.3) is 11.4 Å². The van der Waals surface area contributed by atoms with E-state index in [2.05, 4.69) is 22.1 Å². The molecule has 1 amide bonds. The highest BCUT2D eigenvalue weighted by molar-refractivity contribution is 7.99. The summed E-state index contributed by atoms with van der Waals surface area (Å²) in [5, 5.41) is 13.0. The Hall–Kier alpha value is -1.99. The zero-order valence-electron chi connectivity index (χ0n) is 16.0. The highest BCUT2D eigenvalue weighted by Crippen LogP contribution is 2.33. The molecule has 0 atom stereocenters. The molecule has 28 heavy (non-hydrogen) atoms. The molecule has 2 aromatic rings. The van der Waals surface area contributed by atoms with Gasteiger partial charge in [-0.05, 0) is 31.0 Å². The van der Waals surface area contributed by atoms with Crippen LogP contribution in [0.1, 0.15) is 32.1 Å². The fraction of sp³-hybridized carbons (Fsp3) is 0.450. The lowest BCUT2D eigenvalue weighted by Gasteiger charge is -2.22. The summed E-state index contributed by atoms with van der Waals surface area (Å²) in [7, 11) is 1.60. The van der Waals surface area contributed by atoms with Crippen LogP contribution in [-0.2, 0) is 11.3 Å². The minimum atomic E-state index is 0.0342. The highest BCUT2D eigenvalue weighted by Gasteiger charge is 2.20. The standard InChI is InChI=1S/C20H25ClN4O2S/c1-3-11-25-19(16-12-14(21)9-10-17(16)27-2)23-24-20(25)28-13-18(26)22-15-7-5-4-6-8-15/h3,9-10,12,15H,1,4-8,11,13H2,2H3,(H,22,26). The molecule has 1 aliphatic carbocycles. The fourth-order valence-corrected chi connectivity index (χ4v) is 4.32. The second kappa shape index (κ2) is 9.98. The van der Waals surface area contributed by atoms with Crippen LogP contribution in [0.3, 0.4) is 0 Å². The lowest BCUT2D eigenvalue weighted by Crippen LogP contribution is -2.37. The minimum absolute atomic E-state index is 0.0342. The van der Waals surface area contributed by atoms with Crippen LogP contribution in [0.2, 0.25) is 5.02 Å². The van der Waals surface area contributed by atoms with Crippen molar-refractivity contribution in [2.24, 2.45) is 0 Å². The highest BCUT2D eigenvalue weighted by atomic mass is 35.5. The lowest BCUT2D eigenvalue weighted by atomic mass is 9.95. The van der Waals surface area contributed by atoms with Gasteiger partial charge in [0.05, 0.1) is 18.4 Å². The third kappa shape index (κ3) is 5.08. The second-order valence-electron chi connectivity index (χ2n) is 6.74. The monoisotopic (exact) mass is 420 g/mol. The van der Waals surface area contributed by atoms with Crippen molar-refractivity contribution in [3.8, 4) is 17.1 Å². The fourth-order valence-electron chi connectivity index (χ4n) is 3.39. The van der Waals surface area contributed by atoms with Gasteiger partial charge in [-0.25, -0.2) is 0 Å². The molecule has 3 rings (SSSR count). The number of hydrogen-bond acceptors (Lipinski definition) is 5. The van der Waals surface area contributed by atoms with E-state index in [0.29, 0.717) is 40.1 Å². The average molecular weight is 421 g/mol. The van der Waals surface area contributed by atoms with Crippen molar-refractivity contribution < 1.29 is 9.53 Å². The van der Waals surface area contributed by atoms with Crippen molar-refractivity contribution in [3.63, 3.8) is 0 Å². The number of nitrogens with one attached hydrogen (secondary N) is 1. The summed E-state index contributed by atoms with van der Waals surface area (Å²) in [5.74, 6) is 1.63. The Morgan fingerprint density at radius 1 is 1.39 bits per heavy atom. The van der Waals surface area contributed by atoms with Gasteiger partial charge in [0, 0.05) is 17.6 Å². The van der Waals surface area contributed by atoms with Crippen molar-refractivity contribution in [2.45, 2.75) is 49.8 Å². The third-order valence-electron chi connectivity index (χ3n) is 4.73. The number of benzene rings is 1. The summed E-state index contributed by atoms with van der Waals surface area (Å²) in [6, 6.07) is 5.67. The maximum absolute atomic E-state index is 12.3. The number of amides is 1. The first-order chi connectivity index (χ1) is 13.6. The summed E-state index contributed by atoms with van der Waals surface area (Å²) in [4.78, 5) is 12.3. The Kier molecular flexibility index (Phi) is 7.39. The number of halogens is 1. The number of ether oxygens (including phenoxy) is 1. The summed E-state index contributed by atoms with van der Waals surface area (Å²) < 4.78 is 7.36. The van der Waals surface area contributed by atoms with E-state index in [0.717, 1.165) is 18.4 Å². The van der Waals surface area contributed by atoms with Crippen LogP contribution in [0.5, 0.6) is 5.75 Å². The predicted octanol–water partition coefficient (Wildman–Crippen LogP) is 4.33. The number of carbonyl (C=O) groups is 1. The Labute approximate surface area is 174 Å². The van der Waals surface area contributed by atoms with Gasteiger partial charge in [-0.3, -0.25) is 9.36 Å². The first-order valence-corrected chi connectivity index (χ1v) is 10.8. The van der Waals surface area contributed by atoms with Gasteiger partial charge >= 0.3 is 0 Å². The molecule has 150 valence electrons. The Morgan fingerprint density at radius 2 is 2.18 bits per heavy atom. The van der Waals surface area contributed by atoms with E-state index in [4.69, 9.17) is 16.3 Å². The minimum Gasteiger partial charge on any atom is -0.496 e. The third-order valence-corrected chi connectivity index (χ3v) is 5.94. The van der Waals surface area contributed by atoms with Gasteiger partial charge < -0.3 is 10.1 Å². The van der Waals surface area contributed by atoms with Crippen LogP contribution >= 0.6 is 23.4 Å². The molecule has 0 unspecified atom stereocenters. The Balaban J connectivity index is 1.74. The predicted molar refractivity (Wildman–Crippen MR) is 113 cm³/mol. The molecule has 0 spiro atoms. The van der Waals surface area contributed by atoms with E-state index in [1.54, 1.807) is 31.4 Å². The number of methoxy groups -OCH3 is 1. The van der Waals surface area contributed by atoms with Crippen molar-refractivity contribution in [2.75, 3.05) is 12.9 Å². The van der Waals surface area contributed by atoms with Gasteiger partial charge in [-0.15, -0.1) is 16.8 Å². The van der Waals surface area contributed by atoms with Crippen molar-refractivity contribution in [3.05, 3.63) is 35.9 Å². The molecule has 1 aliphatic rings. The number of rotatable bonds is 8. The van der Waals surface area contributed by atoms with E-state index in [1.807, 2.05) is 4.57 Å². The molecule has 6 nitrogen and oxygen atoms in total. The van der Waals surface area contributed by atoms with Crippen LogP contribution in [0.15, 0.2) is 36.0 Å². The van der Waals surface area contributed by atoms with Crippen LogP contribution in [0.4, 0.5) is 0 Å². The van der Waals surface area contributed by atoms with Gasteiger partial charge in [-0.1, -0.05) is 48.7 Å². The van der Waals surface area contributed by atoms with Crippen LogP contribution in [0, 0.1) is 0 Å². The van der Waals surface area contributed by atoms with Gasteiger partial charge in [0.2, 0.25) is 5.91 Å². The van der Waals surface area contributed by atoms with E-state index < -0.39 is 0 Å². The molecule has 1 fully saturated rings. The second-order valence-corrected chi connectivity index (χ2v) is 8.12. The van der Waals surface area contributed by atoms with E-state index in [-0.39, 0.29) is 5.91 Å². The zero-order valence-corrected chi connectivity index (χ0v) is 17.6. The lowest BCUT2D eigenvalue weighted by molar-refractivity contribution is -0.119. The van der Waals surface area contributed by atoms with Gasteiger partial charge in [0.25, 0.3) is 0 Å². The molecular formula is C20H25ClN4O2S. The molecular weight excluding hydrogens is 396 g/mol. The number of thioether (sulfide) groups is 1. The number of nitrogens with zero attached hydrogens (tertiary/aromatic N) is 3. The summed E-state index contributed by atoms with van der Waals surface area (Å²) in [6.07, 6.45) is 7.56. The van der Waals surface area contributed by atoms with Gasteiger partial charge in [0.1, 0.15) is 5.75 Å². The molecule has 1 saturated carbocycles. The molecule has 8 heteroatoms. The first-order valence-electron chi connectivity index (χ1n) is 9.42.